The minimum absolute atomic E-state index is 0.126. The molecule has 0 amide bonds. The molecular weight excluding hydrogens is 428 g/mol. The molecule has 4 rings (SSSR count). The molecule has 7 heteroatoms. The van der Waals surface area contributed by atoms with E-state index in [0.717, 1.165) is 65.1 Å². The zero-order valence-electron chi connectivity index (χ0n) is 19.7. The minimum atomic E-state index is -0.126. The first-order valence-corrected chi connectivity index (χ1v) is 11.7. The van der Waals surface area contributed by atoms with Gasteiger partial charge in [0.2, 0.25) is 0 Å². The molecular formula is C27H30N4O3. The summed E-state index contributed by atoms with van der Waals surface area (Å²) < 4.78 is 12.2. The lowest BCUT2D eigenvalue weighted by Gasteiger charge is -2.11. The van der Waals surface area contributed by atoms with Crippen LogP contribution in [0, 0.1) is 0 Å². The number of fused-ring (bicyclic) bond motifs is 1. The standard InChI is InChI=1S/C27H30N4O3/c1-3-34-24(32)12-8-5-9-17-28-27-26-25(21-13-15-22(33-2)16-14-21)23(18-31(26)30-19-29-27)20-10-6-4-7-11-20/h4,6-7,10-11,13-16,18-19H,3,5,8-9,12,17H2,1-2H3,(H,28,29,30). The van der Waals surface area contributed by atoms with E-state index in [-0.39, 0.29) is 5.97 Å². The predicted octanol–water partition coefficient (Wildman–Crippen LogP) is 5.61. The molecule has 0 saturated heterocycles. The van der Waals surface area contributed by atoms with E-state index in [1.54, 1.807) is 13.4 Å². The molecule has 2 heterocycles. The van der Waals surface area contributed by atoms with E-state index in [9.17, 15) is 4.79 Å². The Morgan fingerprint density at radius 2 is 1.79 bits per heavy atom. The second-order valence-electron chi connectivity index (χ2n) is 7.96. The topological polar surface area (TPSA) is 77.8 Å². The number of rotatable bonds is 11. The van der Waals surface area contributed by atoms with Gasteiger partial charge >= 0.3 is 5.97 Å². The van der Waals surface area contributed by atoms with Gasteiger partial charge in [-0.25, -0.2) is 9.50 Å². The number of unbranched alkanes of at least 4 members (excludes halogenated alkanes) is 2. The maximum absolute atomic E-state index is 11.5. The third-order valence-electron chi connectivity index (χ3n) is 5.69. The first-order valence-electron chi connectivity index (χ1n) is 11.7. The zero-order chi connectivity index (χ0) is 23.8. The van der Waals surface area contributed by atoms with Crippen molar-refractivity contribution in [3.8, 4) is 28.0 Å². The van der Waals surface area contributed by atoms with Crippen LogP contribution in [0.25, 0.3) is 27.8 Å². The Bertz CT molecular complexity index is 1220. The van der Waals surface area contributed by atoms with Gasteiger partial charge in [-0.1, -0.05) is 48.9 Å². The van der Waals surface area contributed by atoms with Crippen LogP contribution >= 0.6 is 0 Å². The van der Waals surface area contributed by atoms with Crippen molar-refractivity contribution >= 4 is 17.3 Å². The predicted molar refractivity (Wildman–Crippen MR) is 134 cm³/mol. The lowest BCUT2D eigenvalue weighted by molar-refractivity contribution is -0.143. The molecule has 7 nitrogen and oxygen atoms in total. The molecule has 2 aromatic heterocycles. The number of esters is 1. The van der Waals surface area contributed by atoms with Crippen molar-refractivity contribution in [3.05, 3.63) is 67.1 Å². The summed E-state index contributed by atoms with van der Waals surface area (Å²) in [6, 6.07) is 18.4. The van der Waals surface area contributed by atoms with Gasteiger partial charge in [-0.05, 0) is 43.0 Å². The molecule has 0 fully saturated rings. The lowest BCUT2D eigenvalue weighted by atomic mass is 9.97. The van der Waals surface area contributed by atoms with Crippen LogP contribution in [0.3, 0.4) is 0 Å². The molecule has 0 aliphatic heterocycles. The fourth-order valence-corrected chi connectivity index (χ4v) is 4.04. The second-order valence-corrected chi connectivity index (χ2v) is 7.96. The number of hydrogen-bond donors (Lipinski definition) is 1. The third kappa shape index (κ3) is 5.36. The Hall–Kier alpha value is -3.87. The summed E-state index contributed by atoms with van der Waals surface area (Å²) in [5, 5.41) is 7.98. The third-order valence-corrected chi connectivity index (χ3v) is 5.69. The summed E-state index contributed by atoms with van der Waals surface area (Å²) in [4.78, 5) is 16.1. The molecule has 0 aliphatic rings. The van der Waals surface area contributed by atoms with Gasteiger partial charge in [0.1, 0.15) is 17.6 Å². The average Bonchev–Trinajstić information content (AvgIpc) is 3.27. The van der Waals surface area contributed by atoms with Crippen molar-refractivity contribution < 1.29 is 14.3 Å². The van der Waals surface area contributed by atoms with Gasteiger partial charge in [0, 0.05) is 30.3 Å². The monoisotopic (exact) mass is 458 g/mol. The number of anilines is 1. The molecule has 0 atom stereocenters. The second kappa shape index (κ2) is 11.3. The van der Waals surface area contributed by atoms with Gasteiger partial charge in [-0.15, -0.1) is 0 Å². The Morgan fingerprint density at radius 3 is 2.53 bits per heavy atom. The molecule has 34 heavy (non-hydrogen) atoms. The highest BCUT2D eigenvalue weighted by Crippen LogP contribution is 2.39. The van der Waals surface area contributed by atoms with Crippen LogP contribution in [0.1, 0.15) is 32.6 Å². The van der Waals surface area contributed by atoms with Crippen molar-refractivity contribution in [1.29, 1.82) is 0 Å². The highest BCUT2D eigenvalue weighted by molar-refractivity contribution is 5.98. The van der Waals surface area contributed by atoms with Gasteiger partial charge in [-0.2, -0.15) is 5.10 Å². The van der Waals surface area contributed by atoms with Gasteiger partial charge < -0.3 is 14.8 Å². The van der Waals surface area contributed by atoms with E-state index in [0.29, 0.717) is 13.0 Å². The van der Waals surface area contributed by atoms with Crippen LogP contribution in [0.4, 0.5) is 5.82 Å². The summed E-state index contributed by atoms with van der Waals surface area (Å²) in [7, 11) is 1.67. The minimum Gasteiger partial charge on any atom is -0.497 e. The van der Waals surface area contributed by atoms with E-state index < -0.39 is 0 Å². The molecule has 4 aromatic rings. The summed E-state index contributed by atoms with van der Waals surface area (Å²) in [5.74, 6) is 1.47. The molecule has 0 radical (unpaired) electrons. The highest BCUT2D eigenvalue weighted by atomic mass is 16.5. The van der Waals surface area contributed by atoms with E-state index in [1.165, 1.54) is 0 Å². The molecule has 0 aliphatic carbocycles. The van der Waals surface area contributed by atoms with E-state index in [2.05, 4.69) is 45.9 Å². The normalized spacial score (nSPS) is 10.9. The summed E-state index contributed by atoms with van der Waals surface area (Å²) in [6.45, 7) is 3.02. The van der Waals surface area contributed by atoms with Crippen molar-refractivity contribution in [2.75, 3.05) is 25.6 Å². The Labute approximate surface area is 199 Å². The number of benzene rings is 2. The van der Waals surface area contributed by atoms with Crippen molar-refractivity contribution in [2.45, 2.75) is 32.6 Å². The molecule has 176 valence electrons. The Morgan fingerprint density at radius 1 is 1.00 bits per heavy atom. The van der Waals surface area contributed by atoms with Gasteiger partial charge in [0.05, 0.1) is 13.7 Å². The number of ether oxygens (including phenoxy) is 2. The number of carbonyl (C=O) groups excluding carboxylic acids is 1. The van der Waals surface area contributed by atoms with Gasteiger partial charge in [0.15, 0.2) is 5.82 Å². The Kier molecular flexibility index (Phi) is 7.75. The molecule has 0 saturated carbocycles. The van der Waals surface area contributed by atoms with Crippen LogP contribution < -0.4 is 10.1 Å². The molecule has 0 unspecified atom stereocenters. The molecule has 2 aromatic carbocycles. The van der Waals surface area contributed by atoms with E-state index >= 15 is 0 Å². The molecule has 0 spiro atoms. The zero-order valence-corrected chi connectivity index (χ0v) is 19.7. The van der Waals surface area contributed by atoms with Crippen LogP contribution in [-0.2, 0) is 9.53 Å². The van der Waals surface area contributed by atoms with Crippen molar-refractivity contribution in [3.63, 3.8) is 0 Å². The quantitative estimate of drug-likeness (QED) is 0.233. The summed E-state index contributed by atoms with van der Waals surface area (Å²) >= 11 is 0. The van der Waals surface area contributed by atoms with Gasteiger partial charge in [-0.3, -0.25) is 4.79 Å². The lowest BCUT2D eigenvalue weighted by Crippen LogP contribution is -2.07. The number of nitrogens with one attached hydrogen (secondary N) is 1. The molecule has 0 bridgehead atoms. The largest absolute Gasteiger partial charge is 0.497 e. The van der Waals surface area contributed by atoms with Crippen molar-refractivity contribution in [2.24, 2.45) is 0 Å². The number of nitrogens with zero attached hydrogens (tertiary/aromatic N) is 3. The van der Waals surface area contributed by atoms with E-state index in [4.69, 9.17) is 9.47 Å². The van der Waals surface area contributed by atoms with Crippen molar-refractivity contribution in [1.82, 2.24) is 14.6 Å². The van der Waals surface area contributed by atoms with Crippen LogP contribution in [0.15, 0.2) is 67.1 Å². The number of carbonyl (C=O) groups is 1. The van der Waals surface area contributed by atoms with Crippen LogP contribution in [-0.4, -0.2) is 40.8 Å². The first kappa shape index (κ1) is 23.3. The van der Waals surface area contributed by atoms with Crippen LogP contribution in [0.5, 0.6) is 5.75 Å². The maximum atomic E-state index is 11.5. The number of hydrogen-bond acceptors (Lipinski definition) is 6. The van der Waals surface area contributed by atoms with Crippen LogP contribution in [0.2, 0.25) is 0 Å². The first-order chi connectivity index (χ1) is 16.7. The number of methoxy groups -OCH3 is 1. The Balaban J connectivity index is 1.61. The summed E-state index contributed by atoms with van der Waals surface area (Å²) in [6.07, 6.45) is 6.78. The van der Waals surface area contributed by atoms with Gasteiger partial charge in [0.25, 0.3) is 0 Å². The summed E-state index contributed by atoms with van der Waals surface area (Å²) in [5.41, 5.74) is 5.26. The fraction of sp³-hybridized carbons (Fsp3) is 0.296. The SMILES string of the molecule is CCOC(=O)CCCCCNc1ncnn2cc(-c3ccccc3)c(-c3ccc(OC)cc3)c12. The van der Waals surface area contributed by atoms with E-state index in [1.807, 2.05) is 41.8 Å². The fourth-order valence-electron chi connectivity index (χ4n) is 4.04. The smallest absolute Gasteiger partial charge is 0.305 e. The molecule has 1 N–H and O–H groups in total. The average molecular weight is 459 g/mol. The maximum Gasteiger partial charge on any atom is 0.305 e. The number of aromatic nitrogens is 3. The highest BCUT2D eigenvalue weighted by Gasteiger charge is 2.19.